The highest BCUT2D eigenvalue weighted by atomic mass is 35.5. The van der Waals surface area contributed by atoms with E-state index < -0.39 is 52.6 Å². The molecule has 0 aliphatic carbocycles. The molecule has 0 aromatic heterocycles. The lowest BCUT2D eigenvalue weighted by atomic mass is 10.1. The molecule has 0 saturated carbocycles. The van der Waals surface area contributed by atoms with Crippen molar-refractivity contribution in [2.75, 3.05) is 5.73 Å². The number of sulfonamides is 2. The van der Waals surface area contributed by atoms with Crippen LogP contribution in [0.3, 0.4) is 0 Å². The molecule has 1 unspecified atom stereocenters. The minimum absolute atomic E-state index is 0.225. The van der Waals surface area contributed by atoms with Gasteiger partial charge in [-0.25, -0.2) is 31.5 Å². The van der Waals surface area contributed by atoms with E-state index in [0.717, 1.165) is 0 Å². The first-order chi connectivity index (χ1) is 9.19. The molecule has 0 aliphatic heterocycles. The van der Waals surface area contributed by atoms with Gasteiger partial charge in [-0.05, 0) is 12.1 Å². The summed E-state index contributed by atoms with van der Waals surface area (Å²) >= 11 is 4.67. The van der Waals surface area contributed by atoms with Crippen molar-refractivity contribution in [1.29, 1.82) is 0 Å². The van der Waals surface area contributed by atoms with E-state index in [-0.39, 0.29) is 12.1 Å². The Kier molecular flexibility index (Phi) is 4.52. The van der Waals surface area contributed by atoms with E-state index in [2.05, 4.69) is 11.6 Å². The fourth-order valence-electron chi connectivity index (χ4n) is 1.44. The van der Waals surface area contributed by atoms with Gasteiger partial charge in [-0.1, -0.05) is 11.6 Å². The predicted molar refractivity (Wildman–Crippen MR) is 68.2 cm³/mol. The summed E-state index contributed by atoms with van der Waals surface area (Å²) in [7, 11) is -9.35. The van der Waals surface area contributed by atoms with Crippen molar-refractivity contribution >= 4 is 37.3 Å². The first-order valence-corrected chi connectivity index (χ1v) is 8.37. The molecule has 0 heterocycles. The summed E-state index contributed by atoms with van der Waals surface area (Å²) in [5.41, 5.74) is -0.354. The molecule has 0 amide bonds. The van der Waals surface area contributed by atoms with Gasteiger partial charge in [-0.15, -0.1) is 0 Å². The zero-order valence-corrected chi connectivity index (χ0v) is 12.3. The van der Waals surface area contributed by atoms with Gasteiger partial charge in [0.15, 0.2) is 0 Å². The van der Waals surface area contributed by atoms with Crippen molar-refractivity contribution in [1.82, 2.24) is 0 Å². The zero-order valence-electron chi connectivity index (χ0n) is 9.93. The lowest BCUT2D eigenvalue weighted by Gasteiger charge is -2.20. The van der Waals surface area contributed by atoms with Crippen molar-refractivity contribution in [3.05, 3.63) is 17.7 Å². The van der Waals surface area contributed by atoms with Crippen LogP contribution in [0.2, 0.25) is 0 Å². The molecule has 1 aromatic rings. The van der Waals surface area contributed by atoms with E-state index >= 15 is 0 Å². The van der Waals surface area contributed by atoms with Gasteiger partial charge in [0.1, 0.15) is 4.90 Å². The number of halogens is 4. The van der Waals surface area contributed by atoms with Crippen LogP contribution in [0.5, 0.6) is 0 Å². The Hall–Kier alpha value is -1.08. The Morgan fingerprint density at radius 1 is 1.05 bits per heavy atom. The lowest BCUT2D eigenvalue weighted by Crippen LogP contribution is -2.28. The number of benzene rings is 1. The maximum absolute atomic E-state index is 13.6. The van der Waals surface area contributed by atoms with Crippen LogP contribution in [-0.2, 0) is 26.0 Å². The Bertz CT molecular complexity index is 780. The summed E-state index contributed by atoms with van der Waals surface area (Å²) in [6.07, 6.45) is 0. The molecule has 21 heavy (non-hydrogen) atoms. The lowest BCUT2D eigenvalue weighted by molar-refractivity contribution is -0.0488. The van der Waals surface area contributed by atoms with Gasteiger partial charge in [-0.3, -0.25) is 0 Å². The number of primary sulfonamides is 2. The van der Waals surface area contributed by atoms with Crippen LogP contribution in [0.1, 0.15) is 5.56 Å². The molecule has 1 aromatic carbocycles. The third-order valence-electron chi connectivity index (χ3n) is 2.36. The molecule has 0 saturated heterocycles. The molecular weight excluding hydrogens is 359 g/mol. The third-order valence-corrected chi connectivity index (χ3v) is 4.55. The fourth-order valence-corrected chi connectivity index (χ4v) is 3.08. The van der Waals surface area contributed by atoms with Gasteiger partial charge >= 0.3 is 5.92 Å². The van der Waals surface area contributed by atoms with Gasteiger partial charge in [0, 0.05) is 5.56 Å². The van der Waals surface area contributed by atoms with Gasteiger partial charge in [0.2, 0.25) is 25.7 Å². The highest BCUT2D eigenvalue weighted by Crippen LogP contribution is 2.41. The van der Waals surface area contributed by atoms with E-state index in [4.69, 9.17) is 16.0 Å². The average Bonchev–Trinajstić information content (AvgIpc) is 2.24. The maximum Gasteiger partial charge on any atom is 0.318 e. The highest BCUT2D eigenvalue weighted by molar-refractivity contribution is 7.90. The minimum Gasteiger partial charge on any atom is -0.398 e. The number of hydrogen-bond acceptors (Lipinski definition) is 5. The minimum atomic E-state index is -4.83. The number of hydrogen-bond donors (Lipinski definition) is 3. The normalized spacial score (nSPS) is 15.0. The summed E-state index contributed by atoms with van der Waals surface area (Å²) in [6, 6.07) is 0.469. The molecule has 0 radical (unpaired) electrons. The molecule has 0 aliphatic rings. The van der Waals surface area contributed by atoms with Crippen molar-refractivity contribution in [2.45, 2.75) is 21.3 Å². The summed E-state index contributed by atoms with van der Waals surface area (Å²) in [4.78, 5) is -2.30. The van der Waals surface area contributed by atoms with Crippen LogP contribution in [0.4, 0.5) is 18.9 Å². The van der Waals surface area contributed by atoms with E-state index in [0.29, 0.717) is 0 Å². The Balaban J connectivity index is 3.89. The molecule has 0 fully saturated rings. The van der Waals surface area contributed by atoms with Gasteiger partial charge in [-0.2, -0.15) is 8.78 Å². The second kappa shape index (κ2) is 5.28. The number of anilines is 1. The summed E-state index contributed by atoms with van der Waals surface area (Å²) < 4.78 is 85.1. The SMILES string of the molecule is Nc1cc(C(F)(F)C(F)Cl)c(S(N)(=O)=O)cc1S(N)(=O)=O. The predicted octanol–water partition coefficient (Wildman–Crippen LogP) is 0.190. The second-order valence-electron chi connectivity index (χ2n) is 3.90. The smallest absolute Gasteiger partial charge is 0.318 e. The standard InChI is InChI=1S/C8H9ClF3N3O4S2/c9-7(10)8(11,12)3-1-4(13)6(21(15,18)19)2-5(3)20(14,16)17/h1-2,7H,13H2,(H2,14,16,17)(H2,15,18,19). The van der Waals surface area contributed by atoms with Crippen molar-refractivity contribution in [2.24, 2.45) is 10.3 Å². The van der Waals surface area contributed by atoms with E-state index in [9.17, 15) is 30.0 Å². The van der Waals surface area contributed by atoms with E-state index in [1.54, 1.807) is 0 Å². The molecule has 13 heteroatoms. The largest absolute Gasteiger partial charge is 0.398 e. The molecule has 120 valence electrons. The van der Waals surface area contributed by atoms with E-state index in [1.807, 2.05) is 0 Å². The first-order valence-electron chi connectivity index (χ1n) is 4.84. The summed E-state index contributed by atoms with van der Waals surface area (Å²) in [6.45, 7) is 0. The van der Waals surface area contributed by atoms with Crippen LogP contribution in [0.25, 0.3) is 0 Å². The molecule has 0 bridgehead atoms. The summed E-state index contributed by atoms with van der Waals surface area (Å²) in [5.74, 6) is -4.48. The number of rotatable bonds is 4. The zero-order chi connectivity index (χ0) is 16.8. The molecule has 1 rings (SSSR count). The number of nitrogens with two attached hydrogens (primary N) is 3. The van der Waals surface area contributed by atoms with Crippen molar-refractivity contribution in [3.8, 4) is 0 Å². The molecular formula is C8H9ClF3N3O4S2. The number of nitrogen functional groups attached to an aromatic ring is 1. The highest BCUT2D eigenvalue weighted by Gasteiger charge is 2.45. The van der Waals surface area contributed by atoms with Crippen LogP contribution in [0, 0.1) is 0 Å². The van der Waals surface area contributed by atoms with Crippen LogP contribution < -0.4 is 16.0 Å². The van der Waals surface area contributed by atoms with Gasteiger partial charge < -0.3 is 5.73 Å². The fraction of sp³-hybridized carbons (Fsp3) is 0.250. The van der Waals surface area contributed by atoms with Crippen molar-refractivity contribution in [3.63, 3.8) is 0 Å². The Morgan fingerprint density at radius 3 is 1.81 bits per heavy atom. The van der Waals surface area contributed by atoms with Crippen LogP contribution in [-0.4, -0.2) is 22.5 Å². The van der Waals surface area contributed by atoms with E-state index in [1.165, 1.54) is 0 Å². The monoisotopic (exact) mass is 367 g/mol. The molecule has 6 N–H and O–H groups in total. The van der Waals surface area contributed by atoms with Gasteiger partial charge in [0.25, 0.3) is 0 Å². The third kappa shape index (κ3) is 3.58. The Morgan fingerprint density at radius 2 is 1.48 bits per heavy atom. The molecule has 1 atom stereocenters. The quantitative estimate of drug-likeness (QED) is 0.513. The van der Waals surface area contributed by atoms with Crippen LogP contribution in [0.15, 0.2) is 21.9 Å². The average molecular weight is 368 g/mol. The maximum atomic E-state index is 13.6. The Labute approximate surface area is 123 Å². The van der Waals surface area contributed by atoms with Gasteiger partial charge in [0.05, 0.1) is 10.6 Å². The van der Waals surface area contributed by atoms with Crippen LogP contribution >= 0.6 is 11.6 Å². The first kappa shape index (κ1) is 18.0. The summed E-state index contributed by atoms with van der Waals surface area (Å²) in [5, 5.41) is 9.47. The van der Waals surface area contributed by atoms with Crippen molar-refractivity contribution < 1.29 is 30.0 Å². The second-order valence-corrected chi connectivity index (χ2v) is 7.34. The molecule has 0 spiro atoms. The topological polar surface area (TPSA) is 146 Å². The molecule has 7 nitrogen and oxygen atoms in total. The number of alkyl halides is 4.